The Kier molecular flexibility index (Phi) is 5.74. The topological polar surface area (TPSA) is 92.0 Å². The van der Waals surface area contributed by atoms with E-state index in [1.807, 2.05) is 0 Å². The predicted molar refractivity (Wildman–Crippen MR) is 110 cm³/mol. The lowest BCUT2D eigenvalue weighted by atomic mass is 9.87. The normalized spacial score (nSPS) is 20.4. The van der Waals surface area contributed by atoms with Gasteiger partial charge < -0.3 is 18.6 Å². The van der Waals surface area contributed by atoms with Gasteiger partial charge in [-0.3, -0.25) is 4.79 Å². The van der Waals surface area contributed by atoms with Crippen LogP contribution in [0.15, 0.2) is 45.1 Å². The van der Waals surface area contributed by atoms with Crippen molar-refractivity contribution in [3.8, 4) is 5.75 Å². The largest absolute Gasteiger partial charge is 0.483 e. The van der Waals surface area contributed by atoms with Gasteiger partial charge in [0.05, 0.1) is 11.5 Å². The standard InChI is InChI=1S/C23H26O7/c1-7-13(4)22(26)29-20-19(28-21(25)12(2)3)17-15(30-23(20,5)6)10-8-14-9-11-16(24)27-18(14)17/h7-12,19-20H,1-6H3. The van der Waals surface area contributed by atoms with Gasteiger partial charge in [0.1, 0.15) is 16.9 Å². The number of fused-ring (bicyclic) bond motifs is 3. The van der Waals surface area contributed by atoms with Crippen molar-refractivity contribution >= 4 is 22.9 Å². The smallest absolute Gasteiger partial charge is 0.336 e. The van der Waals surface area contributed by atoms with Crippen LogP contribution in [-0.4, -0.2) is 23.6 Å². The number of hydrogen-bond donors (Lipinski definition) is 0. The minimum atomic E-state index is -1.01. The average Bonchev–Trinajstić information content (AvgIpc) is 2.68. The van der Waals surface area contributed by atoms with E-state index in [4.69, 9.17) is 18.6 Å². The molecule has 1 aliphatic heterocycles. The fraction of sp³-hybridized carbons (Fsp3) is 0.435. The van der Waals surface area contributed by atoms with E-state index in [0.29, 0.717) is 22.3 Å². The molecule has 0 saturated carbocycles. The van der Waals surface area contributed by atoms with Crippen LogP contribution in [-0.2, 0) is 19.1 Å². The molecule has 1 aromatic carbocycles. The first kappa shape index (κ1) is 21.6. The molecule has 2 aromatic rings. The lowest BCUT2D eigenvalue weighted by Crippen LogP contribution is -2.52. The van der Waals surface area contributed by atoms with Gasteiger partial charge in [-0.05, 0) is 45.9 Å². The number of benzene rings is 1. The van der Waals surface area contributed by atoms with Crippen molar-refractivity contribution in [1.82, 2.24) is 0 Å². The molecule has 0 N–H and O–H groups in total. The van der Waals surface area contributed by atoms with Crippen LogP contribution < -0.4 is 10.4 Å². The first-order valence-corrected chi connectivity index (χ1v) is 9.85. The number of carbonyl (C=O) groups excluding carboxylic acids is 2. The fourth-order valence-electron chi connectivity index (χ4n) is 3.26. The molecular weight excluding hydrogens is 388 g/mol. The van der Waals surface area contributed by atoms with E-state index in [2.05, 4.69) is 0 Å². The number of ether oxygens (including phenoxy) is 3. The van der Waals surface area contributed by atoms with Crippen molar-refractivity contribution in [2.75, 3.05) is 0 Å². The maximum Gasteiger partial charge on any atom is 0.336 e. The van der Waals surface area contributed by atoms with Gasteiger partial charge in [-0.2, -0.15) is 0 Å². The van der Waals surface area contributed by atoms with Crippen LogP contribution in [0.5, 0.6) is 5.75 Å². The highest BCUT2D eigenvalue weighted by Crippen LogP contribution is 2.46. The van der Waals surface area contributed by atoms with Gasteiger partial charge >= 0.3 is 17.6 Å². The summed E-state index contributed by atoms with van der Waals surface area (Å²) in [5, 5.41) is 0.636. The summed E-state index contributed by atoms with van der Waals surface area (Å²) in [6, 6.07) is 6.41. The number of allylic oxidation sites excluding steroid dienone is 1. The van der Waals surface area contributed by atoms with Crippen LogP contribution in [0.2, 0.25) is 0 Å². The van der Waals surface area contributed by atoms with E-state index < -0.39 is 41.3 Å². The van der Waals surface area contributed by atoms with Crippen LogP contribution >= 0.6 is 0 Å². The Morgan fingerprint density at radius 1 is 1.13 bits per heavy atom. The number of hydrogen-bond acceptors (Lipinski definition) is 7. The molecule has 0 saturated heterocycles. The van der Waals surface area contributed by atoms with Crippen LogP contribution in [0.1, 0.15) is 53.2 Å². The van der Waals surface area contributed by atoms with Gasteiger partial charge in [-0.1, -0.05) is 19.9 Å². The molecule has 2 heterocycles. The first-order chi connectivity index (χ1) is 14.0. The number of rotatable bonds is 4. The molecule has 2 unspecified atom stereocenters. The molecule has 0 aliphatic carbocycles. The Balaban J connectivity index is 2.22. The highest BCUT2D eigenvalue weighted by Gasteiger charge is 2.50. The van der Waals surface area contributed by atoms with Gasteiger partial charge in [0, 0.05) is 17.0 Å². The summed E-state index contributed by atoms with van der Waals surface area (Å²) < 4.78 is 23.1. The van der Waals surface area contributed by atoms with Crippen molar-refractivity contribution in [1.29, 1.82) is 0 Å². The Hall–Kier alpha value is -3.09. The molecule has 0 spiro atoms. The molecule has 0 fully saturated rings. The predicted octanol–water partition coefficient (Wildman–Crippen LogP) is 4.08. The third-order valence-corrected chi connectivity index (χ3v) is 5.11. The molecule has 7 nitrogen and oxygen atoms in total. The number of esters is 2. The molecule has 2 atom stereocenters. The van der Waals surface area contributed by atoms with E-state index >= 15 is 0 Å². The third kappa shape index (κ3) is 3.97. The van der Waals surface area contributed by atoms with Crippen molar-refractivity contribution in [2.45, 2.75) is 59.4 Å². The monoisotopic (exact) mass is 414 g/mol. The van der Waals surface area contributed by atoms with Gasteiger partial charge in [0.2, 0.25) is 0 Å². The van der Waals surface area contributed by atoms with E-state index in [1.54, 1.807) is 65.8 Å². The summed E-state index contributed by atoms with van der Waals surface area (Å²) in [4.78, 5) is 37.0. The summed E-state index contributed by atoms with van der Waals surface area (Å²) in [6.07, 6.45) is -0.344. The van der Waals surface area contributed by atoms with Crippen molar-refractivity contribution in [3.05, 3.63) is 51.9 Å². The highest BCUT2D eigenvalue weighted by molar-refractivity contribution is 5.88. The summed E-state index contributed by atoms with van der Waals surface area (Å²) >= 11 is 0. The SMILES string of the molecule is CC=C(C)C(=O)OC1C(OC(=O)C(C)C)c2c(ccc3ccc(=O)oc23)OC1(C)C. The van der Waals surface area contributed by atoms with E-state index in [1.165, 1.54) is 6.07 Å². The zero-order chi connectivity index (χ0) is 22.2. The average molecular weight is 414 g/mol. The van der Waals surface area contributed by atoms with Gasteiger partial charge in [-0.15, -0.1) is 0 Å². The lowest BCUT2D eigenvalue weighted by Gasteiger charge is -2.43. The molecule has 1 aliphatic rings. The second-order valence-electron chi connectivity index (χ2n) is 8.17. The molecule has 160 valence electrons. The van der Waals surface area contributed by atoms with Crippen LogP contribution in [0.4, 0.5) is 0 Å². The highest BCUT2D eigenvalue weighted by atomic mass is 16.6. The fourth-order valence-corrected chi connectivity index (χ4v) is 3.26. The Bertz CT molecular complexity index is 1070. The van der Waals surface area contributed by atoms with Crippen molar-refractivity contribution in [3.63, 3.8) is 0 Å². The van der Waals surface area contributed by atoms with E-state index in [-0.39, 0.29) is 5.58 Å². The Morgan fingerprint density at radius 2 is 1.80 bits per heavy atom. The molecule has 30 heavy (non-hydrogen) atoms. The summed E-state index contributed by atoms with van der Waals surface area (Å²) in [5.74, 6) is -1.02. The van der Waals surface area contributed by atoms with Gasteiger partial charge in [0.25, 0.3) is 0 Å². The molecule has 0 bridgehead atoms. The van der Waals surface area contributed by atoms with Gasteiger partial charge in [0.15, 0.2) is 12.2 Å². The summed E-state index contributed by atoms with van der Waals surface area (Å²) in [7, 11) is 0. The molecule has 3 rings (SSSR count). The minimum absolute atomic E-state index is 0.237. The zero-order valence-electron chi connectivity index (χ0n) is 18.0. The van der Waals surface area contributed by atoms with Crippen molar-refractivity contribution < 1.29 is 28.2 Å². The molecule has 1 aromatic heterocycles. The third-order valence-electron chi connectivity index (χ3n) is 5.11. The van der Waals surface area contributed by atoms with E-state index in [9.17, 15) is 14.4 Å². The maximum atomic E-state index is 12.6. The second-order valence-corrected chi connectivity index (χ2v) is 8.17. The van der Waals surface area contributed by atoms with Crippen LogP contribution in [0, 0.1) is 5.92 Å². The zero-order valence-corrected chi connectivity index (χ0v) is 18.0. The number of carbonyl (C=O) groups is 2. The minimum Gasteiger partial charge on any atom is -0.483 e. The molecule has 0 radical (unpaired) electrons. The molecule has 0 amide bonds. The maximum absolute atomic E-state index is 12.6. The Morgan fingerprint density at radius 3 is 2.43 bits per heavy atom. The first-order valence-electron chi connectivity index (χ1n) is 9.85. The quantitative estimate of drug-likeness (QED) is 0.423. The van der Waals surface area contributed by atoms with Crippen molar-refractivity contribution in [2.24, 2.45) is 5.92 Å². The summed E-state index contributed by atoms with van der Waals surface area (Å²) in [5.41, 5.74) is -0.542. The Labute approximate surface area is 174 Å². The van der Waals surface area contributed by atoms with Crippen LogP contribution in [0.25, 0.3) is 11.0 Å². The summed E-state index contributed by atoms with van der Waals surface area (Å²) in [6.45, 7) is 10.3. The lowest BCUT2D eigenvalue weighted by molar-refractivity contribution is -0.189. The van der Waals surface area contributed by atoms with E-state index in [0.717, 1.165) is 0 Å². The van der Waals surface area contributed by atoms with Crippen LogP contribution in [0.3, 0.4) is 0 Å². The van der Waals surface area contributed by atoms with Gasteiger partial charge in [-0.25, -0.2) is 9.59 Å². The molecule has 7 heteroatoms. The second kappa shape index (κ2) is 7.97. The molecular formula is C23H26O7.